The fraction of sp³-hybridized carbons (Fsp3) is 0.467. The monoisotopic (exact) mass is 280 g/mol. The van der Waals surface area contributed by atoms with Gasteiger partial charge in [0.2, 0.25) is 5.82 Å². The van der Waals surface area contributed by atoms with Gasteiger partial charge in [0.15, 0.2) is 0 Å². The molecule has 0 fully saturated rings. The predicted molar refractivity (Wildman–Crippen MR) is 79.0 cm³/mol. The molecule has 1 aromatic rings. The SMILES string of the molecule is CC/C(=C/c1ccc(F)c([N+](=O)[O-])c1)CNCC(C)C. The lowest BCUT2D eigenvalue weighted by molar-refractivity contribution is -0.387. The van der Waals surface area contributed by atoms with Crippen molar-refractivity contribution in [2.24, 2.45) is 5.92 Å². The van der Waals surface area contributed by atoms with Crippen LogP contribution in [-0.4, -0.2) is 18.0 Å². The Kier molecular flexibility index (Phi) is 6.31. The van der Waals surface area contributed by atoms with E-state index in [1.807, 2.05) is 13.0 Å². The Labute approximate surface area is 118 Å². The first-order valence-corrected chi connectivity index (χ1v) is 6.78. The largest absolute Gasteiger partial charge is 0.313 e. The van der Waals surface area contributed by atoms with Crippen LogP contribution in [-0.2, 0) is 0 Å². The van der Waals surface area contributed by atoms with Crippen LogP contribution in [0.5, 0.6) is 0 Å². The van der Waals surface area contributed by atoms with Crippen molar-refractivity contribution in [1.82, 2.24) is 5.32 Å². The van der Waals surface area contributed by atoms with Gasteiger partial charge in [-0.3, -0.25) is 10.1 Å². The van der Waals surface area contributed by atoms with E-state index in [-0.39, 0.29) is 0 Å². The fourth-order valence-electron chi connectivity index (χ4n) is 1.79. The van der Waals surface area contributed by atoms with Gasteiger partial charge in [-0.05, 0) is 30.5 Å². The van der Waals surface area contributed by atoms with E-state index in [4.69, 9.17) is 0 Å². The Balaban J connectivity index is 2.84. The van der Waals surface area contributed by atoms with E-state index in [1.54, 1.807) is 6.07 Å². The number of nitrogens with zero attached hydrogens (tertiary/aromatic N) is 1. The zero-order chi connectivity index (χ0) is 15.1. The third-order valence-corrected chi connectivity index (χ3v) is 2.90. The van der Waals surface area contributed by atoms with Crippen LogP contribution in [0.2, 0.25) is 0 Å². The first kappa shape index (κ1) is 16.3. The van der Waals surface area contributed by atoms with Crippen LogP contribution in [0, 0.1) is 21.8 Å². The van der Waals surface area contributed by atoms with Crippen LogP contribution in [0.1, 0.15) is 32.8 Å². The summed E-state index contributed by atoms with van der Waals surface area (Å²) >= 11 is 0. The van der Waals surface area contributed by atoms with E-state index >= 15 is 0 Å². The van der Waals surface area contributed by atoms with Gasteiger partial charge in [-0.1, -0.05) is 38.5 Å². The number of rotatable bonds is 7. The van der Waals surface area contributed by atoms with Gasteiger partial charge in [0.25, 0.3) is 0 Å². The quantitative estimate of drug-likeness (QED) is 0.611. The number of hydrogen-bond acceptors (Lipinski definition) is 3. The Morgan fingerprint density at radius 3 is 2.75 bits per heavy atom. The maximum absolute atomic E-state index is 13.3. The lowest BCUT2D eigenvalue weighted by atomic mass is 10.1. The van der Waals surface area contributed by atoms with Crippen LogP contribution in [0.25, 0.3) is 6.08 Å². The molecule has 4 nitrogen and oxygen atoms in total. The average molecular weight is 280 g/mol. The van der Waals surface area contributed by atoms with Crippen molar-refractivity contribution in [3.05, 3.63) is 45.3 Å². The first-order valence-electron chi connectivity index (χ1n) is 6.78. The van der Waals surface area contributed by atoms with Gasteiger partial charge in [0.05, 0.1) is 4.92 Å². The summed E-state index contributed by atoms with van der Waals surface area (Å²) < 4.78 is 13.3. The normalized spacial score (nSPS) is 11.9. The number of nitrogens with one attached hydrogen (secondary N) is 1. The second-order valence-corrected chi connectivity index (χ2v) is 5.15. The van der Waals surface area contributed by atoms with Crippen molar-refractivity contribution in [2.75, 3.05) is 13.1 Å². The summed E-state index contributed by atoms with van der Waals surface area (Å²) in [5.74, 6) is -0.233. The summed E-state index contributed by atoms with van der Waals surface area (Å²) in [5, 5.41) is 14.0. The van der Waals surface area contributed by atoms with Gasteiger partial charge >= 0.3 is 5.69 Å². The maximum Gasteiger partial charge on any atom is 0.305 e. The smallest absolute Gasteiger partial charge is 0.305 e. The Bertz CT molecular complexity index is 499. The van der Waals surface area contributed by atoms with Gasteiger partial charge in [-0.15, -0.1) is 0 Å². The van der Waals surface area contributed by atoms with Gasteiger partial charge in [-0.25, -0.2) is 0 Å². The minimum absolute atomic E-state index is 0.482. The minimum Gasteiger partial charge on any atom is -0.313 e. The average Bonchev–Trinajstić information content (AvgIpc) is 2.38. The lowest BCUT2D eigenvalue weighted by Crippen LogP contribution is -2.21. The van der Waals surface area contributed by atoms with Crippen molar-refractivity contribution in [2.45, 2.75) is 27.2 Å². The molecule has 110 valence electrons. The van der Waals surface area contributed by atoms with E-state index in [1.165, 1.54) is 6.07 Å². The molecule has 5 heteroatoms. The van der Waals surface area contributed by atoms with Crippen molar-refractivity contribution in [3.63, 3.8) is 0 Å². The topological polar surface area (TPSA) is 55.2 Å². The summed E-state index contributed by atoms with van der Waals surface area (Å²) in [4.78, 5) is 10.0. The second-order valence-electron chi connectivity index (χ2n) is 5.15. The van der Waals surface area contributed by atoms with Crippen LogP contribution < -0.4 is 5.32 Å². The highest BCUT2D eigenvalue weighted by molar-refractivity contribution is 5.56. The molecule has 0 aliphatic carbocycles. The fourth-order valence-corrected chi connectivity index (χ4v) is 1.79. The summed E-state index contributed by atoms with van der Waals surface area (Å²) in [7, 11) is 0. The standard InChI is InChI=1S/C15H21FN2O2/c1-4-12(10-17-9-11(2)3)7-13-5-6-14(16)15(8-13)18(19)20/h5-8,11,17H,4,9-10H2,1-3H3/b12-7-. The van der Waals surface area contributed by atoms with E-state index in [2.05, 4.69) is 19.2 Å². The number of halogens is 1. The highest BCUT2D eigenvalue weighted by Gasteiger charge is 2.13. The molecule has 0 amide bonds. The number of nitro benzene ring substituents is 1. The predicted octanol–water partition coefficient (Wildman–Crippen LogP) is 3.77. The number of nitro groups is 1. The van der Waals surface area contributed by atoms with E-state index < -0.39 is 16.4 Å². The molecule has 0 aliphatic rings. The molecule has 0 aliphatic heterocycles. The third-order valence-electron chi connectivity index (χ3n) is 2.90. The minimum atomic E-state index is -0.803. The number of hydrogen-bond donors (Lipinski definition) is 1. The van der Waals surface area contributed by atoms with Crippen molar-refractivity contribution in [1.29, 1.82) is 0 Å². The Morgan fingerprint density at radius 2 is 2.20 bits per heavy atom. The highest BCUT2D eigenvalue weighted by Crippen LogP contribution is 2.20. The van der Waals surface area contributed by atoms with E-state index in [0.29, 0.717) is 11.5 Å². The highest BCUT2D eigenvalue weighted by atomic mass is 19.1. The van der Waals surface area contributed by atoms with Gasteiger partial charge in [0, 0.05) is 12.6 Å². The molecule has 0 unspecified atom stereocenters. The van der Waals surface area contributed by atoms with Crippen LogP contribution in [0.4, 0.5) is 10.1 Å². The zero-order valence-electron chi connectivity index (χ0n) is 12.1. The van der Waals surface area contributed by atoms with Crippen molar-refractivity contribution in [3.8, 4) is 0 Å². The van der Waals surface area contributed by atoms with Crippen LogP contribution >= 0.6 is 0 Å². The molecule has 0 spiro atoms. The van der Waals surface area contributed by atoms with Gasteiger partial charge < -0.3 is 5.32 Å². The Morgan fingerprint density at radius 1 is 1.50 bits per heavy atom. The molecule has 1 rings (SSSR count). The van der Waals surface area contributed by atoms with Gasteiger partial charge in [-0.2, -0.15) is 4.39 Å². The van der Waals surface area contributed by atoms with Crippen LogP contribution in [0.15, 0.2) is 23.8 Å². The molecule has 0 saturated heterocycles. The van der Waals surface area contributed by atoms with Gasteiger partial charge in [0.1, 0.15) is 0 Å². The third kappa shape index (κ3) is 5.09. The molecule has 0 atom stereocenters. The molecule has 1 aromatic carbocycles. The molecule has 0 aromatic heterocycles. The number of benzene rings is 1. The Hall–Kier alpha value is -1.75. The lowest BCUT2D eigenvalue weighted by Gasteiger charge is -2.09. The summed E-state index contributed by atoms with van der Waals surface area (Å²) in [6.45, 7) is 7.94. The van der Waals surface area contributed by atoms with E-state index in [9.17, 15) is 14.5 Å². The molecule has 0 radical (unpaired) electrons. The van der Waals surface area contributed by atoms with Crippen LogP contribution in [0.3, 0.4) is 0 Å². The van der Waals surface area contributed by atoms with Crippen molar-refractivity contribution >= 4 is 11.8 Å². The first-order chi connectivity index (χ1) is 9.43. The molecule has 20 heavy (non-hydrogen) atoms. The molecule has 0 saturated carbocycles. The summed E-state index contributed by atoms with van der Waals surface area (Å²) in [5.41, 5.74) is 1.30. The van der Waals surface area contributed by atoms with Crippen molar-refractivity contribution < 1.29 is 9.31 Å². The molecular formula is C15H21FN2O2. The summed E-state index contributed by atoms with van der Waals surface area (Å²) in [6, 6.07) is 3.96. The molecular weight excluding hydrogens is 259 g/mol. The maximum atomic E-state index is 13.3. The molecule has 0 heterocycles. The zero-order valence-corrected chi connectivity index (χ0v) is 12.1. The second kappa shape index (κ2) is 7.75. The summed E-state index contributed by atoms with van der Waals surface area (Å²) in [6.07, 6.45) is 2.72. The van der Waals surface area contributed by atoms with E-state index in [0.717, 1.165) is 31.1 Å². The molecule has 0 bridgehead atoms. The molecule has 1 N–H and O–H groups in total.